The maximum Gasteiger partial charge on any atom is 0.171 e. The van der Waals surface area contributed by atoms with Gasteiger partial charge in [0, 0.05) is 35.2 Å². The summed E-state index contributed by atoms with van der Waals surface area (Å²) in [5, 5.41) is 7.55. The average molecular weight is 389 g/mol. The third-order valence-electron chi connectivity index (χ3n) is 5.12. The predicted molar refractivity (Wildman–Crippen MR) is 119 cm³/mol. The van der Waals surface area contributed by atoms with E-state index in [0.717, 1.165) is 28.2 Å². The monoisotopic (exact) mass is 388 g/mol. The molecule has 1 aliphatic carbocycles. The molecule has 0 bridgehead atoms. The van der Waals surface area contributed by atoms with Crippen LogP contribution in [0.5, 0.6) is 0 Å². The van der Waals surface area contributed by atoms with Crippen LogP contribution >= 0.6 is 12.2 Å². The van der Waals surface area contributed by atoms with Crippen LogP contribution in [-0.4, -0.2) is 21.1 Å². The van der Waals surface area contributed by atoms with Crippen molar-refractivity contribution in [3.63, 3.8) is 0 Å². The van der Waals surface area contributed by atoms with Crippen molar-refractivity contribution in [1.29, 1.82) is 0 Å². The first kappa shape index (κ1) is 18.6. The van der Waals surface area contributed by atoms with E-state index in [2.05, 4.69) is 38.8 Å². The Morgan fingerprint density at radius 2 is 1.64 bits per heavy atom. The molecule has 0 saturated heterocycles. The summed E-state index contributed by atoms with van der Waals surface area (Å²) in [5.74, 6) is 0. The highest BCUT2D eigenvalue weighted by Gasteiger charge is 2.15. The molecule has 28 heavy (non-hydrogen) atoms. The van der Waals surface area contributed by atoms with Crippen molar-refractivity contribution in [2.24, 2.45) is 0 Å². The number of pyridine rings is 2. The Balaban J connectivity index is 1.50. The number of anilines is 1. The van der Waals surface area contributed by atoms with Gasteiger partial charge < -0.3 is 10.6 Å². The molecule has 1 fully saturated rings. The maximum atomic E-state index is 5.56. The van der Waals surface area contributed by atoms with Crippen LogP contribution in [0.2, 0.25) is 0 Å². The third-order valence-corrected chi connectivity index (χ3v) is 5.34. The largest absolute Gasteiger partial charge is 0.360 e. The maximum absolute atomic E-state index is 5.56. The number of nitrogens with one attached hydrogen (secondary N) is 2. The van der Waals surface area contributed by atoms with E-state index in [1.54, 1.807) is 6.20 Å². The van der Waals surface area contributed by atoms with Gasteiger partial charge in [0.15, 0.2) is 5.11 Å². The summed E-state index contributed by atoms with van der Waals surface area (Å²) in [6.45, 7) is 0. The van der Waals surface area contributed by atoms with Crippen LogP contribution in [0, 0.1) is 0 Å². The molecule has 0 amide bonds. The number of nitrogens with zero attached hydrogens (tertiary/aromatic N) is 2. The lowest BCUT2D eigenvalue weighted by Gasteiger charge is -2.24. The highest BCUT2D eigenvalue weighted by molar-refractivity contribution is 7.80. The lowest BCUT2D eigenvalue weighted by atomic mass is 9.96. The van der Waals surface area contributed by atoms with Crippen molar-refractivity contribution in [2.75, 3.05) is 5.32 Å². The molecule has 0 unspecified atom stereocenters. The van der Waals surface area contributed by atoms with Gasteiger partial charge in [-0.05, 0) is 49.3 Å². The molecule has 0 radical (unpaired) electrons. The van der Waals surface area contributed by atoms with Crippen LogP contribution in [-0.2, 0) is 0 Å². The van der Waals surface area contributed by atoms with Gasteiger partial charge in [0.25, 0.3) is 0 Å². The zero-order valence-electron chi connectivity index (χ0n) is 15.8. The fourth-order valence-electron chi connectivity index (χ4n) is 3.65. The molecule has 2 heterocycles. The minimum Gasteiger partial charge on any atom is -0.360 e. The topological polar surface area (TPSA) is 49.8 Å². The molecule has 0 aliphatic heterocycles. The zero-order valence-corrected chi connectivity index (χ0v) is 16.6. The third kappa shape index (κ3) is 4.54. The fourth-order valence-corrected chi connectivity index (χ4v) is 3.93. The van der Waals surface area contributed by atoms with Gasteiger partial charge >= 0.3 is 0 Å². The van der Waals surface area contributed by atoms with Gasteiger partial charge in [-0.15, -0.1) is 0 Å². The van der Waals surface area contributed by atoms with E-state index in [1.807, 2.05) is 42.6 Å². The van der Waals surface area contributed by atoms with E-state index >= 15 is 0 Å². The van der Waals surface area contributed by atoms with Crippen LogP contribution in [0.25, 0.3) is 22.5 Å². The van der Waals surface area contributed by atoms with Gasteiger partial charge in [-0.25, -0.2) is 0 Å². The molecule has 0 spiro atoms. The first-order chi connectivity index (χ1) is 13.8. The number of hydrogen-bond acceptors (Lipinski definition) is 3. The molecule has 1 aliphatic rings. The molecule has 2 N–H and O–H groups in total. The Labute approximate surface area is 171 Å². The molecule has 4 nitrogen and oxygen atoms in total. The summed E-state index contributed by atoms with van der Waals surface area (Å²) in [7, 11) is 0. The van der Waals surface area contributed by atoms with Crippen molar-refractivity contribution < 1.29 is 0 Å². The Hall–Kier alpha value is -2.79. The Morgan fingerprint density at radius 1 is 0.857 bits per heavy atom. The summed E-state index contributed by atoms with van der Waals surface area (Å²) in [4.78, 5) is 8.96. The Bertz CT molecular complexity index is 919. The fraction of sp³-hybridized carbons (Fsp3) is 0.261. The summed E-state index contributed by atoms with van der Waals surface area (Å²) < 4.78 is 0. The predicted octanol–water partition coefficient (Wildman–Crippen LogP) is 5.43. The Morgan fingerprint density at radius 3 is 2.39 bits per heavy atom. The summed E-state index contributed by atoms with van der Waals surface area (Å²) in [6.07, 6.45) is 9.97. The highest BCUT2D eigenvalue weighted by atomic mass is 32.1. The molecule has 2 aromatic heterocycles. The highest BCUT2D eigenvalue weighted by Crippen LogP contribution is 2.28. The lowest BCUT2D eigenvalue weighted by Crippen LogP contribution is -2.38. The molecule has 4 rings (SSSR count). The Kier molecular flexibility index (Phi) is 5.92. The minimum absolute atomic E-state index is 0.486. The van der Waals surface area contributed by atoms with Crippen LogP contribution < -0.4 is 10.6 Å². The van der Waals surface area contributed by atoms with Crippen LogP contribution in [0.3, 0.4) is 0 Å². The number of benzene rings is 1. The molecule has 1 aromatic carbocycles. The van der Waals surface area contributed by atoms with Crippen molar-refractivity contribution in [3.05, 3.63) is 67.0 Å². The number of rotatable bonds is 4. The number of hydrogen-bond donors (Lipinski definition) is 2. The standard InChI is InChI=1S/C23H24N4S/c28-23(26-18-8-2-1-3-9-18)27-20-11-5-4-10-19(20)17-13-14-22(25-16-17)21-12-6-7-15-24-21/h4-7,10-16,18H,1-3,8-9H2,(H2,26,27,28). The molecule has 1 saturated carbocycles. The second-order valence-electron chi connectivity index (χ2n) is 7.13. The van der Waals surface area contributed by atoms with Crippen LogP contribution in [0.4, 0.5) is 5.69 Å². The first-order valence-electron chi connectivity index (χ1n) is 9.84. The quantitative estimate of drug-likeness (QED) is 0.584. The van der Waals surface area contributed by atoms with Crippen LogP contribution in [0.1, 0.15) is 32.1 Å². The van der Waals surface area contributed by atoms with Crippen molar-refractivity contribution in [2.45, 2.75) is 38.1 Å². The van der Waals surface area contributed by atoms with Crippen LogP contribution in [0.15, 0.2) is 67.0 Å². The van der Waals surface area contributed by atoms with Gasteiger partial charge in [-0.2, -0.15) is 0 Å². The van der Waals surface area contributed by atoms with E-state index in [0.29, 0.717) is 11.2 Å². The lowest BCUT2D eigenvalue weighted by molar-refractivity contribution is 0.415. The van der Waals surface area contributed by atoms with Gasteiger partial charge in [-0.3, -0.25) is 9.97 Å². The van der Waals surface area contributed by atoms with Gasteiger partial charge in [0.1, 0.15) is 0 Å². The van der Waals surface area contributed by atoms with E-state index in [-0.39, 0.29) is 0 Å². The molecule has 5 heteroatoms. The second-order valence-corrected chi connectivity index (χ2v) is 7.53. The molecular weight excluding hydrogens is 364 g/mol. The summed E-state index contributed by atoms with van der Waals surface area (Å²) in [5.41, 5.74) is 4.85. The van der Waals surface area contributed by atoms with E-state index in [4.69, 9.17) is 12.2 Å². The average Bonchev–Trinajstić information content (AvgIpc) is 2.76. The van der Waals surface area contributed by atoms with Gasteiger partial charge in [0.05, 0.1) is 11.4 Å². The van der Waals surface area contributed by atoms with Gasteiger partial charge in [0.2, 0.25) is 0 Å². The van der Waals surface area contributed by atoms with E-state index in [9.17, 15) is 0 Å². The van der Waals surface area contributed by atoms with Crippen molar-refractivity contribution in [1.82, 2.24) is 15.3 Å². The molecule has 142 valence electrons. The smallest absolute Gasteiger partial charge is 0.171 e. The number of thiocarbonyl (C=S) groups is 1. The van der Waals surface area contributed by atoms with E-state index < -0.39 is 0 Å². The van der Waals surface area contributed by atoms with E-state index in [1.165, 1.54) is 32.1 Å². The molecule has 3 aromatic rings. The van der Waals surface area contributed by atoms with Crippen molar-refractivity contribution in [3.8, 4) is 22.5 Å². The normalized spacial score (nSPS) is 14.4. The second kappa shape index (κ2) is 8.93. The SMILES string of the molecule is S=C(Nc1ccccc1-c1ccc(-c2ccccn2)nc1)NC1CCCCC1. The first-order valence-corrected chi connectivity index (χ1v) is 10.2. The summed E-state index contributed by atoms with van der Waals surface area (Å²) >= 11 is 5.56. The number of aromatic nitrogens is 2. The minimum atomic E-state index is 0.486. The molecule has 0 atom stereocenters. The molecular formula is C23H24N4S. The van der Waals surface area contributed by atoms with Gasteiger partial charge in [-0.1, -0.05) is 49.6 Å². The summed E-state index contributed by atoms with van der Waals surface area (Å²) in [6, 6.07) is 18.6. The number of para-hydroxylation sites is 1. The zero-order chi connectivity index (χ0) is 19.2. The van der Waals surface area contributed by atoms with Crippen molar-refractivity contribution >= 4 is 23.0 Å².